The molecule has 152 valence electrons. The lowest BCUT2D eigenvalue weighted by Gasteiger charge is -2.13. The summed E-state index contributed by atoms with van der Waals surface area (Å²) in [4.78, 5) is 19.8. The van der Waals surface area contributed by atoms with Gasteiger partial charge in [0.05, 0.1) is 17.8 Å². The molecule has 0 spiro atoms. The van der Waals surface area contributed by atoms with Gasteiger partial charge < -0.3 is 15.2 Å². The minimum absolute atomic E-state index is 0.00719. The Balaban J connectivity index is 1.69. The number of carbonyl (C=O) groups excluding carboxylic acids is 1. The number of rotatable bonds is 6. The van der Waals surface area contributed by atoms with Gasteiger partial charge in [-0.15, -0.1) is 0 Å². The molecule has 1 amide bonds. The van der Waals surface area contributed by atoms with Crippen LogP contribution in [-0.2, 0) is 12.7 Å². The Morgan fingerprint density at radius 1 is 1.17 bits per heavy atom. The molecule has 2 N–H and O–H groups in total. The van der Waals surface area contributed by atoms with Crippen LogP contribution in [0, 0.1) is 0 Å². The van der Waals surface area contributed by atoms with Crippen molar-refractivity contribution in [2.75, 3.05) is 5.32 Å². The fraction of sp³-hybridized carbons (Fsp3) is 0.263. The summed E-state index contributed by atoms with van der Waals surface area (Å²) in [5, 5.41) is 9.31. The van der Waals surface area contributed by atoms with Gasteiger partial charge in [0.15, 0.2) is 0 Å². The van der Waals surface area contributed by atoms with Crippen molar-refractivity contribution in [3.05, 3.63) is 59.7 Å². The van der Waals surface area contributed by atoms with Gasteiger partial charge in [-0.1, -0.05) is 17.3 Å². The lowest BCUT2D eigenvalue weighted by atomic mass is 10.1. The van der Waals surface area contributed by atoms with E-state index in [0.717, 1.165) is 0 Å². The van der Waals surface area contributed by atoms with E-state index in [4.69, 9.17) is 0 Å². The first-order valence-electron chi connectivity index (χ1n) is 8.74. The Morgan fingerprint density at radius 3 is 2.55 bits per heavy atom. The van der Waals surface area contributed by atoms with Crippen LogP contribution < -0.4 is 10.6 Å². The number of carbonyl (C=O) groups is 1. The molecule has 0 aliphatic carbocycles. The van der Waals surface area contributed by atoms with Crippen molar-refractivity contribution in [2.45, 2.75) is 32.6 Å². The van der Waals surface area contributed by atoms with Crippen molar-refractivity contribution in [1.82, 2.24) is 20.4 Å². The maximum Gasteiger partial charge on any atom is 0.471 e. The fourth-order valence-electron chi connectivity index (χ4n) is 2.48. The summed E-state index contributed by atoms with van der Waals surface area (Å²) in [6.45, 7) is 4.06. The largest absolute Gasteiger partial charge is 0.471 e. The zero-order valence-corrected chi connectivity index (χ0v) is 15.6. The average molecular weight is 405 g/mol. The van der Waals surface area contributed by atoms with Crippen LogP contribution in [0.3, 0.4) is 0 Å². The first-order valence-corrected chi connectivity index (χ1v) is 8.74. The van der Waals surface area contributed by atoms with Crippen LogP contribution in [0.1, 0.15) is 35.8 Å². The minimum atomic E-state index is -4.70. The van der Waals surface area contributed by atoms with Crippen molar-refractivity contribution in [2.24, 2.45) is 0 Å². The van der Waals surface area contributed by atoms with Crippen LogP contribution in [-0.4, -0.2) is 27.1 Å². The number of hydrogen-bond acceptors (Lipinski definition) is 6. The van der Waals surface area contributed by atoms with Gasteiger partial charge in [0, 0.05) is 23.5 Å². The third-order valence-corrected chi connectivity index (χ3v) is 3.80. The van der Waals surface area contributed by atoms with Gasteiger partial charge in [-0.25, -0.2) is 0 Å². The Bertz CT molecular complexity index is 984. The number of alkyl halides is 3. The van der Waals surface area contributed by atoms with Crippen LogP contribution in [0.15, 0.2) is 47.1 Å². The Labute approximate surface area is 164 Å². The number of nitrogens with zero attached hydrogens (tertiary/aromatic N) is 3. The minimum Gasteiger partial charge on any atom is -0.379 e. The Kier molecular flexibility index (Phi) is 5.81. The SMILES string of the molecule is CC(C)NC(=O)c1ccccc1NCc1ccc(-c2noc(C(F)(F)F)n2)cn1. The number of hydrogen-bond donors (Lipinski definition) is 2. The van der Waals surface area contributed by atoms with Crippen molar-refractivity contribution in [1.29, 1.82) is 0 Å². The van der Waals surface area contributed by atoms with E-state index in [1.807, 2.05) is 13.8 Å². The molecular formula is C19H18F3N5O2. The quantitative estimate of drug-likeness (QED) is 0.646. The number of amides is 1. The van der Waals surface area contributed by atoms with Crippen molar-refractivity contribution in [3.63, 3.8) is 0 Å². The van der Waals surface area contributed by atoms with Crippen LogP contribution in [0.4, 0.5) is 18.9 Å². The van der Waals surface area contributed by atoms with E-state index in [1.165, 1.54) is 6.20 Å². The van der Waals surface area contributed by atoms with Crippen molar-refractivity contribution < 1.29 is 22.5 Å². The third kappa shape index (κ3) is 5.09. The second-order valence-electron chi connectivity index (χ2n) is 6.49. The number of para-hydroxylation sites is 1. The second kappa shape index (κ2) is 8.29. The maximum atomic E-state index is 12.6. The third-order valence-electron chi connectivity index (χ3n) is 3.80. The van der Waals surface area contributed by atoms with E-state index in [9.17, 15) is 18.0 Å². The molecule has 3 rings (SSSR count). The Hall–Kier alpha value is -3.43. The molecule has 2 heterocycles. The number of benzene rings is 1. The predicted molar refractivity (Wildman–Crippen MR) is 98.9 cm³/mol. The summed E-state index contributed by atoms with van der Waals surface area (Å²) in [6.07, 6.45) is -3.34. The second-order valence-corrected chi connectivity index (χ2v) is 6.49. The highest BCUT2D eigenvalue weighted by Crippen LogP contribution is 2.29. The van der Waals surface area contributed by atoms with E-state index in [2.05, 4.69) is 30.3 Å². The van der Waals surface area contributed by atoms with Gasteiger partial charge in [-0.05, 0) is 38.1 Å². The zero-order valence-electron chi connectivity index (χ0n) is 15.6. The van der Waals surface area contributed by atoms with Gasteiger partial charge in [-0.3, -0.25) is 9.78 Å². The Morgan fingerprint density at radius 2 is 1.93 bits per heavy atom. The predicted octanol–water partition coefficient (Wildman–Crippen LogP) is 3.90. The molecule has 0 aliphatic heterocycles. The molecule has 7 nitrogen and oxygen atoms in total. The van der Waals surface area contributed by atoms with E-state index in [1.54, 1.807) is 36.4 Å². The van der Waals surface area contributed by atoms with Crippen LogP contribution in [0.2, 0.25) is 0 Å². The summed E-state index contributed by atoms with van der Waals surface area (Å²) in [5.41, 5.74) is 2.06. The molecule has 0 aliphatic rings. The highest BCUT2D eigenvalue weighted by molar-refractivity contribution is 5.99. The van der Waals surface area contributed by atoms with E-state index < -0.39 is 12.1 Å². The molecule has 0 unspecified atom stereocenters. The zero-order chi connectivity index (χ0) is 21.0. The van der Waals surface area contributed by atoms with E-state index >= 15 is 0 Å². The number of aromatic nitrogens is 3. The molecule has 0 bridgehead atoms. The molecule has 0 fully saturated rings. The van der Waals surface area contributed by atoms with Crippen LogP contribution in [0.5, 0.6) is 0 Å². The monoisotopic (exact) mass is 405 g/mol. The molecule has 3 aromatic rings. The number of nitrogens with one attached hydrogen (secondary N) is 2. The average Bonchev–Trinajstić information content (AvgIpc) is 3.17. The molecule has 0 atom stereocenters. The van der Waals surface area contributed by atoms with Crippen LogP contribution in [0.25, 0.3) is 11.4 Å². The highest BCUT2D eigenvalue weighted by atomic mass is 19.4. The summed E-state index contributed by atoms with van der Waals surface area (Å²) in [5.74, 6) is -1.79. The molecule has 0 radical (unpaired) electrons. The van der Waals surface area contributed by atoms with Crippen LogP contribution >= 0.6 is 0 Å². The van der Waals surface area contributed by atoms with Crippen molar-refractivity contribution in [3.8, 4) is 11.4 Å². The summed E-state index contributed by atoms with van der Waals surface area (Å²) in [6, 6.07) is 10.3. The molecule has 0 saturated carbocycles. The van der Waals surface area contributed by atoms with E-state index in [0.29, 0.717) is 29.1 Å². The van der Waals surface area contributed by atoms with Gasteiger partial charge in [0.1, 0.15) is 0 Å². The van der Waals surface area contributed by atoms with Gasteiger partial charge in [0.2, 0.25) is 5.82 Å². The summed E-state index contributed by atoms with van der Waals surface area (Å²) < 4.78 is 41.9. The molecule has 2 aromatic heterocycles. The highest BCUT2D eigenvalue weighted by Gasteiger charge is 2.38. The van der Waals surface area contributed by atoms with Gasteiger partial charge >= 0.3 is 12.1 Å². The van der Waals surface area contributed by atoms with E-state index in [-0.39, 0.29) is 17.8 Å². The van der Waals surface area contributed by atoms with Gasteiger partial charge in [0.25, 0.3) is 5.91 Å². The number of halogens is 3. The lowest BCUT2D eigenvalue weighted by Crippen LogP contribution is -2.30. The standard InChI is InChI=1S/C19H18F3N5O2/c1-11(2)25-17(28)14-5-3-4-6-15(14)24-10-13-8-7-12(9-23-13)16-26-18(29-27-16)19(20,21)22/h3-9,11,24H,10H2,1-2H3,(H,25,28). The number of pyridine rings is 1. The molecule has 1 aromatic carbocycles. The molecule has 0 saturated heterocycles. The normalized spacial score (nSPS) is 11.5. The topological polar surface area (TPSA) is 92.9 Å². The maximum absolute atomic E-state index is 12.6. The van der Waals surface area contributed by atoms with Crippen molar-refractivity contribution >= 4 is 11.6 Å². The summed E-state index contributed by atoms with van der Waals surface area (Å²) in [7, 11) is 0. The fourth-order valence-corrected chi connectivity index (χ4v) is 2.48. The van der Waals surface area contributed by atoms with Gasteiger partial charge in [-0.2, -0.15) is 18.2 Å². The molecule has 29 heavy (non-hydrogen) atoms. The lowest BCUT2D eigenvalue weighted by molar-refractivity contribution is -0.159. The first-order chi connectivity index (χ1) is 13.7. The number of anilines is 1. The summed E-state index contributed by atoms with van der Waals surface area (Å²) >= 11 is 0. The smallest absolute Gasteiger partial charge is 0.379 e. The molecular weight excluding hydrogens is 387 g/mol. The first kappa shape index (κ1) is 20.3. The molecule has 10 heteroatoms.